The molecule has 0 radical (unpaired) electrons. The van der Waals surface area contributed by atoms with Gasteiger partial charge in [0.05, 0.1) is 6.61 Å². The Morgan fingerprint density at radius 1 is 0.742 bits per heavy atom. The summed E-state index contributed by atoms with van der Waals surface area (Å²) in [7, 11) is 0. The molecule has 18 heteroatoms. The number of nitrogens with one attached hydrogen (secondary N) is 1. The summed E-state index contributed by atoms with van der Waals surface area (Å²) in [6.45, 7) is 0.499. The highest BCUT2D eigenvalue weighted by molar-refractivity contribution is 5.88. The molecule has 0 heterocycles. The second-order valence-corrected chi connectivity index (χ2v) is 5.65. The van der Waals surface area contributed by atoms with E-state index in [1.54, 1.807) is 0 Å². The first-order chi connectivity index (χ1) is 13.4. The fraction of sp³-hybridized carbons (Fsp3) is 0.769. The van der Waals surface area contributed by atoms with Gasteiger partial charge in [-0.25, -0.2) is 9.18 Å². The molecular formula is C13H10F15NO2. The van der Waals surface area contributed by atoms with Crippen LogP contribution in [0.5, 0.6) is 0 Å². The predicted octanol–water partition coefficient (Wildman–Crippen LogP) is 5.23. The van der Waals surface area contributed by atoms with Gasteiger partial charge in [-0.1, -0.05) is 6.58 Å². The highest BCUT2D eigenvalue weighted by Gasteiger charge is 2.98. The highest BCUT2D eigenvalue weighted by Crippen LogP contribution is 2.69. The lowest BCUT2D eigenvalue weighted by atomic mass is 9.71. The normalized spacial score (nSPS) is 16.6. The number of rotatable bonds is 7. The van der Waals surface area contributed by atoms with E-state index in [2.05, 4.69) is 11.3 Å². The largest absolute Gasteiger partial charge is 0.463 e. The van der Waals surface area contributed by atoms with Crippen LogP contribution in [0, 0.1) is 5.41 Å². The van der Waals surface area contributed by atoms with E-state index >= 15 is 0 Å². The number of hydrogen-bond donors (Lipinski definition) is 1. The summed E-state index contributed by atoms with van der Waals surface area (Å²) in [6.07, 6.45) is -32.1. The Morgan fingerprint density at radius 2 is 1.10 bits per heavy atom. The summed E-state index contributed by atoms with van der Waals surface area (Å²) >= 11 is 0. The van der Waals surface area contributed by atoms with E-state index < -0.39 is 66.5 Å². The molecule has 0 saturated heterocycles. The molecular weight excluding hydrogens is 487 g/mol. The van der Waals surface area contributed by atoms with E-state index in [1.165, 1.54) is 0 Å². The average molecular weight is 497 g/mol. The lowest BCUT2D eigenvalue weighted by molar-refractivity contribution is -0.495. The summed E-state index contributed by atoms with van der Waals surface area (Å²) in [4.78, 5) is 11.2. The van der Waals surface area contributed by atoms with Crippen molar-refractivity contribution in [2.45, 2.75) is 43.3 Å². The molecule has 0 spiro atoms. The van der Waals surface area contributed by atoms with E-state index in [0.717, 1.165) is 6.92 Å². The van der Waals surface area contributed by atoms with Gasteiger partial charge >= 0.3 is 42.0 Å². The van der Waals surface area contributed by atoms with Gasteiger partial charge in [0.2, 0.25) is 0 Å². The van der Waals surface area contributed by atoms with Crippen LogP contribution in [-0.4, -0.2) is 55.5 Å². The maximum absolute atomic E-state index is 14.7. The van der Waals surface area contributed by atoms with Crippen LogP contribution < -0.4 is 5.32 Å². The summed E-state index contributed by atoms with van der Waals surface area (Å²) in [5.74, 6) is -17.5. The number of carbonyl (C=O) groups excluding carboxylic acids is 1. The Hall–Kier alpha value is -1.88. The van der Waals surface area contributed by atoms with Gasteiger partial charge in [0.1, 0.15) is 0 Å². The van der Waals surface area contributed by atoms with Crippen LogP contribution in [0.1, 0.15) is 6.92 Å². The van der Waals surface area contributed by atoms with E-state index in [4.69, 9.17) is 0 Å². The third-order valence-electron chi connectivity index (χ3n) is 3.69. The van der Waals surface area contributed by atoms with Crippen LogP contribution in [0.4, 0.5) is 65.9 Å². The van der Waals surface area contributed by atoms with Crippen LogP contribution in [0.25, 0.3) is 0 Å². The first kappa shape index (κ1) is 29.1. The minimum atomic E-state index is -8.31. The number of alkyl halides is 15. The van der Waals surface area contributed by atoms with Crippen molar-refractivity contribution in [2.24, 2.45) is 5.41 Å². The zero-order valence-corrected chi connectivity index (χ0v) is 14.6. The molecule has 184 valence electrons. The molecule has 0 fully saturated rings. The fourth-order valence-corrected chi connectivity index (χ4v) is 2.28. The molecule has 1 unspecified atom stereocenters. The molecule has 0 aliphatic carbocycles. The zero-order chi connectivity index (χ0) is 25.5. The molecule has 0 saturated carbocycles. The van der Waals surface area contributed by atoms with Gasteiger partial charge in [-0.15, -0.1) is 0 Å². The van der Waals surface area contributed by atoms with Gasteiger partial charge < -0.3 is 4.74 Å². The summed E-state index contributed by atoms with van der Waals surface area (Å²) in [5.41, 5.74) is -9.88. The Morgan fingerprint density at radius 3 is 1.35 bits per heavy atom. The molecule has 3 nitrogen and oxygen atoms in total. The molecule has 0 aliphatic heterocycles. The molecule has 31 heavy (non-hydrogen) atoms. The van der Waals surface area contributed by atoms with Crippen molar-refractivity contribution in [3.05, 3.63) is 12.2 Å². The van der Waals surface area contributed by atoms with E-state index in [0.29, 0.717) is 0 Å². The third-order valence-corrected chi connectivity index (χ3v) is 3.69. The third kappa shape index (κ3) is 4.52. The number of esters is 1. The predicted molar refractivity (Wildman–Crippen MR) is 69.2 cm³/mol. The molecule has 1 N–H and O–H groups in total. The van der Waals surface area contributed by atoms with E-state index in [9.17, 15) is 70.7 Å². The minimum absolute atomic E-state index is 0.354. The van der Waals surface area contributed by atoms with Crippen LogP contribution in [0.15, 0.2) is 12.2 Å². The van der Waals surface area contributed by atoms with Crippen LogP contribution >= 0.6 is 0 Å². The van der Waals surface area contributed by atoms with Gasteiger partial charge in [-0.3, -0.25) is 5.32 Å². The van der Waals surface area contributed by atoms with Crippen molar-refractivity contribution in [1.82, 2.24) is 5.32 Å². The Labute approximate surface area is 162 Å². The molecule has 0 bridgehead atoms. The average Bonchev–Trinajstić information content (AvgIpc) is 2.47. The molecule has 0 aromatic heterocycles. The first-order valence-corrected chi connectivity index (χ1v) is 7.30. The Balaban J connectivity index is 7.27. The maximum atomic E-state index is 14.7. The van der Waals surface area contributed by atoms with Crippen molar-refractivity contribution < 1.29 is 75.4 Å². The standard InChI is InChI=1S/C13H10F15NO2/c1-3-31-6(30)5(2)4-29-9(16,8(14,15)13(26,27)28)7(10(17,18)19,11(20,21)22)12(23,24)25/h29H,2-4H2,1H3. The van der Waals surface area contributed by atoms with Crippen molar-refractivity contribution in [3.8, 4) is 0 Å². The molecule has 0 aliphatic rings. The van der Waals surface area contributed by atoms with Gasteiger partial charge in [0, 0.05) is 12.1 Å². The first-order valence-electron chi connectivity index (χ1n) is 7.30. The van der Waals surface area contributed by atoms with Crippen molar-refractivity contribution in [3.63, 3.8) is 0 Å². The topological polar surface area (TPSA) is 38.3 Å². The van der Waals surface area contributed by atoms with Crippen LogP contribution in [0.3, 0.4) is 0 Å². The number of carbonyl (C=O) groups is 1. The van der Waals surface area contributed by atoms with Crippen molar-refractivity contribution in [2.75, 3.05) is 13.2 Å². The molecule has 0 amide bonds. The SMILES string of the molecule is C=C(CNC(F)(C(F)(F)C(F)(F)F)C(C(F)(F)F)(C(F)(F)F)C(F)(F)F)C(=O)OCC. The fourth-order valence-electron chi connectivity index (χ4n) is 2.28. The Kier molecular flexibility index (Phi) is 7.73. The van der Waals surface area contributed by atoms with Gasteiger partial charge in [-0.05, 0) is 6.92 Å². The molecule has 0 rings (SSSR count). The van der Waals surface area contributed by atoms with Gasteiger partial charge in [0.15, 0.2) is 0 Å². The highest BCUT2D eigenvalue weighted by atomic mass is 19.4. The maximum Gasteiger partial charge on any atom is 0.458 e. The van der Waals surface area contributed by atoms with Gasteiger partial charge in [-0.2, -0.15) is 61.5 Å². The smallest absolute Gasteiger partial charge is 0.458 e. The molecule has 1 atom stereocenters. The van der Waals surface area contributed by atoms with Crippen LogP contribution in [0.2, 0.25) is 0 Å². The lowest BCUT2D eigenvalue weighted by Crippen LogP contribution is -2.81. The second kappa shape index (κ2) is 8.23. The van der Waals surface area contributed by atoms with E-state index in [1.807, 2.05) is 0 Å². The van der Waals surface area contributed by atoms with E-state index in [-0.39, 0.29) is 5.32 Å². The summed E-state index contributed by atoms with van der Waals surface area (Å²) in [6, 6.07) is 0. The zero-order valence-electron chi connectivity index (χ0n) is 14.6. The number of ether oxygens (including phenoxy) is 1. The number of halogens is 15. The number of hydrogen-bond acceptors (Lipinski definition) is 3. The molecule has 0 aromatic rings. The van der Waals surface area contributed by atoms with Crippen molar-refractivity contribution in [1.29, 1.82) is 0 Å². The second-order valence-electron chi connectivity index (χ2n) is 5.65. The summed E-state index contributed by atoms with van der Waals surface area (Å²) < 4.78 is 201. The van der Waals surface area contributed by atoms with Gasteiger partial charge in [0.25, 0.3) is 5.79 Å². The lowest BCUT2D eigenvalue weighted by Gasteiger charge is -2.50. The Bertz CT molecular complexity index is 636. The molecule has 0 aromatic carbocycles. The quantitative estimate of drug-likeness (QED) is 0.227. The summed E-state index contributed by atoms with van der Waals surface area (Å²) in [5, 5.41) is -0.354. The van der Waals surface area contributed by atoms with Crippen molar-refractivity contribution >= 4 is 5.97 Å². The minimum Gasteiger partial charge on any atom is -0.463 e. The van der Waals surface area contributed by atoms with Crippen LogP contribution in [-0.2, 0) is 9.53 Å². The monoisotopic (exact) mass is 497 g/mol.